The topological polar surface area (TPSA) is 53.9 Å². The fourth-order valence-electron chi connectivity index (χ4n) is 2.67. The van der Waals surface area contributed by atoms with Crippen LogP contribution in [0.3, 0.4) is 0 Å². The lowest BCUT2D eigenvalue weighted by molar-refractivity contribution is 0.222. The maximum Gasteiger partial charge on any atom is 0.231 e. The summed E-state index contributed by atoms with van der Waals surface area (Å²) in [7, 11) is 2.05. The molecule has 0 aliphatic heterocycles. The van der Waals surface area contributed by atoms with Crippen molar-refractivity contribution in [3.63, 3.8) is 0 Å². The van der Waals surface area contributed by atoms with E-state index in [-0.39, 0.29) is 5.28 Å². The van der Waals surface area contributed by atoms with Crippen LogP contribution in [-0.2, 0) is 0 Å². The van der Waals surface area contributed by atoms with E-state index in [9.17, 15) is 0 Å². The Balaban J connectivity index is 2.11. The number of nitrogens with zero attached hydrogens (tertiary/aromatic N) is 4. The fourth-order valence-corrected chi connectivity index (χ4v) is 2.82. The molecule has 0 atom stereocenters. The molecule has 0 radical (unpaired) electrons. The highest BCUT2D eigenvalue weighted by molar-refractivity contribution is 6.28. The maximum absolute atomic E-state index is 5.99. The molecule has 1 aromatic heterocycles. The SMILES string of the molecule is CCNc1nc(Cl)nc(N(C)C2CCC(C)(C)CC2)n1. The number of anilines is 2. The molecule has 112 valence electrons. The summed E-state index contributed by atoms with van der Waals surface area (Å²) in [6.45, 7) is 7.45. The first kappa shape index (κ1) is 15.3. The van der Waals surface area contributed by atoms with Crippen molar-refractivity contribution in [2.45, 2.75) is 52.5 Å². The van der Waals surface area contributed by atoms with Gasteiger partial charge in [-0.2, -0.15) is 15.0 Å². The third kappa shape index (κ3) is 3.72. The molecule has 1 heterocycles. The van der Waals surface area contributed by atoms with Gasteiger partial charge in [-0.25, -0.2) is 0 Å². The van der Waals surface area contributed by atoms with Crippen LogP contribution in [0.5, 0.6) is 0 Å². The Morgan fingerprint density at radius 3 is 2.50 bits per heavy atom. The average molecular weight is 298 g/mol. The Morgan fingerprint density at radius 1 is 1.25 bits per heavy atom. The number of hydrogen-bond acceptors (Lipinski definition) is 5. The zero-order chi connectivity index (χ0) is 14.8. The Bertz CT molecular complexity index is 453. The molecule has 0 saturated heterocycles. The summed E-state index contributed by atoms with van der Waals surface area (Å²) in [5.41, 5.74) is 0.461. The molecule has 1 aliphatic rings. The van der Waals surface area contributed by atoms with Gasteiger partial charge >= 0.3 is 0 Å². The van der Waals surface area contributed by atoms with E-state index in [0.717, 1.165) is 6.54 Å². The van der Waals surface area contributed by atoms with Gasteiger partial charge in [-0.15, -0.1) is 0 Å². The molecule has 1 saturated carbocycles. The van der Waals surface area contributed by atoms with Crippen LogP contribution in [0, 0.1) is 5.41 Å². The third-order valence-electron chi connectivity index (χ3n) is 4.10. The van der Waals surface area contributed by atoms with Crippen LogP contribution in [0.25, 0.3) is 0 Å². The van der Waals surface area contributed by atoms with Gasteiger partial charge in [0.15, 0.2) is 0 Å². The highest BCUT2D eigenvalue weighted by atomic mass is 35.5. The van der Waals surface area contributed by atoms with Crippen molar-refractivity contribution in [1.29, 1.82) is 0 Å². The summed E-state index contributed by atoms with van der Waals surface area (Å²) >= 11 is 5.99. The van der Waals surface area contributed by atoms with Gasteiger partial charge in [0.1, 0.15) is 0 Å². The molecule has 1 N–H and O–H groups in total. The van der Waals surface area contributed by atoms with Crippen LogP contribution in [0.15, 0.2) is 0 Å². The van der Waals surface area contributed by atoms with Gasteiger partial charge in [0.25, 0.3) is 0 Å². The fraction of sp³-hybridized carbons (Fsp3) is 0.786. The summed E-state index contributed by atoms with van der Waals surface area (Å²) in [5.74, 6) is 1.20. The first-order chi connectivity index (χ1) is 9.41. The number of aromatic nitrogens is 3. The minimum Gasteiger partial charge on any atom is -0.354 e. The van der Waals surface area contributed by atoms with E-state index in [1.807, 2.05) is 14.0 Å². The molecule has 0 bridgehead atoms. The maximum atomic E-state index is 5.99. The van der Waals surface area contributed by atoms with Gasteiger partial charge in [-0.1, -0.05) is 13.8 Å². The molecule has 6 heteroatoms. The number of nitrogens with one attached hydrogen (secondary N) is 1. The van der Waals surface area contributed by atoms with Crippen molar-refractivity contribution in [2.24, 2.45) is 5.41 Å². The summed E-state index contributed by atoms with van der Waals surface area (Å²) in [6.07, 6.45) is 4.81. The van der Waals surface area contributed by atoms with E-state index in [0.29, 0.717) is 23.4 Å². The van der Waals surface area contributed by atoms with Gasteiger partial charge in [0.05, 0.1) is 0 Å². The Labute approximate surface area is 126 Å². The molecule has 2 rings (SSSR count). The van der Waals surface area contributed by atoms with Crippen molar-refractivity contribution in [1.82, 2.24) is 15.0 Å². The first-order valence-corrected chi connectivity index (χ1v) is 7.67. The van der Waals surface area contributed by atoms with Gasteiger partial charge in [0, 0.05) is 19.6 Å². The molecule has 0 amide bonds. The largest absolute Gasteiger partial charge is 0.354 e. The van der Waals surface area contributed by atoms with Crippen LogP contribution in [0.4, 0.5) is 11.9 Å². The van der Waals surface area contributed by atoms with Gasteiger partial charge < -0.3 is 10.2 Å². The molecule has 1 aromatic rings. The monoisotopic (exact) mass is 297 g/mol. The number of rotatable bonds is 4. The lowest BCUT2D eigenvalue weighted by Crippen LogP contribution is -2.38. The predicted octanol–water partition coefficient (Wildman–Crippen LogP) is 3.36. The summed E-state index contributed by atoms with van der Waals surface area (Å²) < 4.78 is 0. The van der Waals surface area contributed by atoms with Crippen LogP contribution in [0.1, 0.15) is 46.5 Å². The lowest BCUT2D eigenvalue weighted by Gasteiger charge is -2.38. The summed E-state index contributed by atoms with van der Waals surface area (Å²) in [6, 6.07) is 0.482. The molecule has 1 fully saturated rings. The van der Waals surface area contributed by atoms with E-state index < -0.39 is 0 Å². The third-order valence-corrected chi connectivity index (χ3v) is 4.27. The highest BCUT2D eigenvalue weighted by Gasteiger charge is 2.29. The minimum absolute atomic E-state index is 0.244. The van der Waals surface area contributed by atoms with E-state index in [2.05, 4.69) is 39.0 Å². The Morgan fingerprint density at radius 2 is 1.90 bits per heavy atom. The summed E-state index contributed by atoms with van der Waals surface area (Å²) in [5, 5.41) is 3.33. The molecule has 1 aliphatic carbocycles. The first-order valence-electron chi connectivity index (χ1n) is 7.29. The molecular formula is C14H24ClN5. The second kappa shape index (κ2) is 6.12. The molecule has 20 heavy (non-hydrogen) atoms. The summed E-state index contributed by atoms with van der Waals surface area (Å²) in [4.78, 5) is 14.9. The van der Waals surface area contributed by atoms with Crippen molar-refractivity contribution in [2.75, 3.05) is 23.8 Å². The molecule has 0 unspecified atom stereocenters. The number of halogens is 1. The standard InChI is InChI=1S/C14H24ClN5/c1-5-16-12-17-11(15)18-13(19-12)20(4)10-6-8-14(2,3)9-7-10/h10H,5-9H2,1-4H3,(H,16,17,18,19). The minimum atomic E-state index is 0.244. The van der Waals surface area contributed by atoms with E-state index in [1.54, 1.807) is 0 Å². The molecular weight excluding hydrogens is 274 g/mol. The van der Waals surface area contributed by atoms with E-state index in [1.165, 1.54) is 25.7 Å². The van der Waals surface area contributed by atoms with E-state index in [4.69, 9.17) is 11.6 Å². The van der Waals surface area contributed by atoms with Crippen molar-refractivity contribution < 1.29 is 0 Å². The van der Waals surface area contributed by atoms with Gasteiger partial charge in [0.2, 0.25) is 17.2 Å². The van der Waals surface area contributed by atoms with Crippen LogP contribution in [0.2, 0.25) is 5.28 Å². The van der Waals surface area contributed by atoms with Gasteiger partial charge in [-0.3, -0.25) is 0 Å². The molecule has 0 aromatic carbocycles. The highest BCUT2D eigenvalue weighted by Crippen LogP contribution is 2.37. The van der Waals surface area contributed by atoms with Crippen LogP contribution in [-0.4, -0.2) is 34.6 Å². The quantitative estimate of drug-likeness (QED) is 0.923. The predicted molar refractivity (Wildman–Crippen MR) is 83.4 cm³/mol. The Kier molecular flexibility index (Phi) is 4.68. The van der Waals surface area contributed by atoms with Gasteiger partial charge in [-0.05, 0) is 49.6 Å². The number of hydrogen-bond donors (Lipinski definition) is 1. The van der Waals surface area contributed by atoms with Crippen molar-refractivity contribution >= 4 is 23.5 Å². The van der Waals surface area contributed by atoms with Crippen molar-refractivity contribution in [3.8, 4) is 0 Å². The second-order valence-electron chi connectivity index (χ2n) is 6.26. The molecule has 5 nitrogen and oxygen atoms in total. The normalized spacial score (nSPS) is 18.9. The van der Waals surface area contributed by atoms with Crippen molar-refractivity contribution in [3.05, 3.63) is 5.28 Å². The smallest absolute Gasteiger partial charge is 0.231 e. The Hall–Kier alpha value is -1.10. The van der Waals surface area contributed by atoms with Crippen LogP contribution >= 0.6 is 11.6 Å². The molecule has 0 spiro atoms. The van der Waals surface area contributed by atoms with E-state index >= 15 is 0 Å². The zero-order valence-corrected chi connectivity index (χ0v) is 13.5. The zero-order valence-electron chi connectivity index (χ0n) is 12.8. The lowest BCUT2D eigenvalue weighted by atomic mass is 9.75. The second-order valence-corrected chi connectivity index (χ2v) is 6.60. The average Bonchev–Trinajstić information content (AvgIpc) is 2.37. The van der Waals surface area contributed by atoms with Crippen LogP contribution < -0.4 is 10.2 Å².